The van der Waals surface area contributed by atoms with E-state index >= 15 is 0 Å². The third-order valence-electron chi connectivity index (χ3n) is 4.92. The van der Waals surface area contributed by atoms with Gasteiger partial charge in [0.05, 0.1) is 5.69 Å². The van der Waals surface area contributed by atoms with E-state index in [9.17, 15) is 9.18 Å². The fourth-order valence-electron chi connectivity index (χ4n) is 3.33. The van der Waals surface area contributed by atoms with Gasteiger partial charge in [-0.15, -0.1) is 0 Å². The van der Waals surface area contributed by atoms with Crippen molar-refractivity contribution in [3.8, 4) is 11.3 Å². The number of aromatic nitrogens is 2. The predicted molar refractivity (Wildman–Crippen MR) is 88.8 cm³/mol. The van der Waals surface area contributed by atoms with E-state index in [2.05, 4.69) is 9.97 Å². The van der Waals surface area contributed by atoms with Crippen LogP contribution in [0, 0.1) is 11.7 Å². The molecule has 124 valence electrons. The van der Waals surface area contributed by atoms with E-state index in [1.54, 1.807) is 18.5 Å². The van der Waals surface area contributed by atoms with E-state index in [0.29, 0.717) is 18.9 Å². The van der Waals surface area contributed by atoms with E-state index < -0.39 is 0 Å². The van der Waals surface area contributed by atoms with Crippen LogP contribution in [0.4, 0.5) is 4.39 Å². The van der Waals surface area contributed by atoms with Crippen LogP contribution in [0.1, 0.15) is 30.5 Å². The van der Waals surface area contributed by atoms with Gasteiger partial charge in [0.2, 0.25) is 5.91 Å². The molecule has 2 aromatic rings. The average Bonchev–Trinajstić information content (AvgIpc) is 3.41. The number of amides is 1. The minimum atomic E-state index is -0.254. The average molecular weight is 325 g/mol. The minimum absolute atomic E-state index is 0.254. The highest BCUT2D eigenvalue weighted by molar-refractivity contribution is 5.77. The molecule has 1 fully saturated rings. The molecule has 0 bridgehead atoms. The van der Waals surface area contributed by atoms with E-state index in [1.807, 2.05) is 4.90 Å². The molecule has 24 heavy (non-hydrogen) atoms. The first-order valence-corrected chi connectivity index (χ1v) is 8.57. The van der Waals surface area contributed by atoms with Gasteiger partial charge in [-0.25, -0.2) is 14.4 Å². The van der Waals surface area contributed by atoms with Crippen molar-refractivity contribution in [2.45, 2.75) is 32.1 Å². The standard InChI is InChI=1S/C19H20FN3O/c20-15-5-3-14(4-6-15)19-16-7-9-23(18(24)11-13-1-2-13)10-8-17(16)21-12-22-19/h3-6,12-13H,1-2,7-11H2. The van der Waals surface area contributed by atoms with Gasteiger partial charge >= 0.3 is 0 Å². The molecule has 1 saturated carbocycles. The van der Waals surface area contributed by atoms with Crippen molar-refractivity contribution in [2.24, 2.45) is 5.92 Å². The molecule has 4 nitrogen and oxygen atoms in total. The number of carbonyl (C=O) groups is 1. The van der Waals surface area contributed by atoms with Gasteiger partial charge < -0.3 is 4.90 Å². The van der Waals surface area contributed by atoms with E-state index in [-0.39, 0.29) is 11.7 Å². The lowest BCUT2D eigenvalue weighted by atomic mass is 10.0. The Hall–Kier alpha value is -2.30. The number of benzene rings is 1. The van der Waals surface area contributed by atoms with Crippen LogP contribution < -0.4 is 0 Å². The van der Waals surface area contributed by atoms with Gasteiger partial charge in [-0.2, -0.15) is 0 Å². The first kappa shape index (κ1) is 15.2. The van der Waals surface area contributed by atoms with Crippen LogP contribution >= 0.6 is 0 Å². The summed E-state index contributed by atoms with van der Waals surface area (Å²) in [4.78, 5) is 23.2. The number of hydrogen-bond acceptors (Lipinski definition) is 3. The second kappa shape index (κ2) is 6.30. The molecule has 0 atom stereocenters. The van der Waals surface area contributed by atoms with Crippen molar-refractivity contribution >= 4 is 5.91 Å². The minimum Gasteiger partial charge on any atom is -0.342 e. The van der Waals surface area contributed by atoms with Gasteiger partial charge in [-0.3, -0.25) is 4.79 Å². The van der Waals surface area contributed by atoms with Gasteiger partial charge in [0.25, 0.3) is 0 Å². The highest BCUT2D eigenvalue weighted by atomic mass is 19.1. The van der Waals surface area contributed by atoms with Crippen molar-refractivity contribution in [3.63, 3.8) is 0 Å². The second-order valence-corrected chi connectivity index (χ2v) is 6.68. The molecule has 5 heteroatoms. The third-order valence-corrected chi connectivity index (χ3v) is 4.92. The largest absolute Gasteiger partial charge is 0.342 e. The summed E-state index contributed by atoms with van der Waals surface area (Å²) in [5.41, 5.74) is 3.85. The van der Waals surface area contributed by atoms with Crippen molar-refractivity contribution in [1.29, 1.82) is 0 Å². The zero-order chi connectivity index (χ0) is 16.5. The predicted octanol–water partition coefficient (Wildman–Crippen LogP) is 3.01. The molecule has 1 aliphatic carbocycles. The summed E-state index contributed by atoms with van der Waals surface area (Å²) in [6, 6.07) is 6.40. The zero-order valence-electron chi connectivity index (χ0n) is 13.5. The Morgan fingerprint density at radius 2 is 1.88 bits per heavy atom. The van der Waals surface area contributed by atoms with Gasteiger partial charge in [-0.05, 0) is 49.4 Å². The van der Waals surface area contributed by atoms with Crippen LogP contribution in [-0.4, -0.2) is 33.9 Å². The molecule has 0 N–H and O–H groups in total. The van der Waals surface area contributed by atoms with Crippen LogP contribution in [0.25, 0.3) is 11.3 Å². The monoisotopic (exact) mass is 325 g/mol. The van der Waals surface area contributed by atoms with Gasteiger partial charge in [0.1, 0.15) is 12.1 Å². The SMILES string of the molecule is O=C(CC1CC1)N1CCc2ncnc(-c3ccc(F)cc3)c2CC1. The summed E-state index contributed by atoms with van der Waals surface area (Å²) < 4.78 is 13.2. The summed E-state index contributed by atoms with van der Waals surface area (Å²) in [5.74, 6) is 0.620. The zero-order valence-corrected chi connectivity index (χ0v) is 13.5. The van der Waals surface area contributed by atoms with E-state index in [1.165, 1.54) is 25.0 Å². The highest BCUT2D eigenvalue weighted by Crippen LogP contribution is 2.33. The van der Waals surface area contributed by atoms with Crippen LogP contribution in [0.15, 0.2) is 30.6 Å². The summed E-state index contributed by atoms with van der Waals surface area (Å²) in [6.45, 7) is 1.43. The quantitative estimate of drug-likeness (QED) is 0.871. The molecule has 1 amide bonds. The Morgan fingerprint density at radius 1 is 1.12 bits per heavy atom. The highest BCUT2D eigenvalue weighted by Gasteiger charge is 2.28. The lowest BCUT2D eigenvalue weighted by Crippen LogP contribution is -2.33. The molecule has 0 spiro atoms. The molecule has 1 aromatic heterocycles. The van der Waals surface area contributed by atoms with Crippen LogP contribution in [0.2, 0.25) is 0 Å². The number of halogens is 1. The Labute approximate surface area is 140 Å². The first-order valence-electron chi connectivity index (χ1n) is 8.57. The lowest BCUT2D eigenvalue weighted by Gasteiger charge is -2.20. The Kier molecular flexibility index (Phi) is 4.00. The van der Waals surface area contributed by atoms with Crippen LogP contribution in [0.3, 0.4) is 0 Å². The summed E-state index contributed by atoms with van der Waals surface area (Å²) in [7, 11) is 0. The molecule has 1 aromatic carbocycles. The van der Waals surface area contributed by atoms with Crippen molar-refractivity contribution in [2.75, 3.05) is 13.1 Å². The Balaban J connectivity index is 1.57. The first-order chi connectivity index (χ1) is 11.7. The molecule has 1 aliphatic heterocycles. The molecular weight excluding hydrogens is 305 g/mol. The topological polar surface area (TPSA) is 46.1 Å². The fourth-order valence-corrected chi connectivity index (χ4v) is 3.33. The summed E-state index contributed by atoms with van der Waals surface area (Å²) in [5, 5.41) is 0. The normalized spacial score (nSPS) is 17.3. The van der Waals surface area contributed by atoms with E-state index in [0.717, 1.165) is 41.9 Å². The van der Waals surface area contributed by atoms with Crippen molar-refractivity contribution in [1.82, 2.24) is 14.9 Å². The van der Waals surface area contributed by atoms with E-state index in [4.69, 9.17) is 0 Å². The number of hydrogen-bond donors (Lipinski definition) is 0. The molecule has 4 rings (SSSR count). The molecule has 2 heterocycles. The second-order valence-electron chi connectivity index (χ2n) is 6.68. The molecule has 0 unspecified atom stereocenters. The van der Waals surface area contributed by atoms with Crippen molar-refractivity contribution < 1.29 is 9.18 Å². The van der Waals surface area contributed by atoms with Gasteiger partial charge in [0.15, 0.2) is 0 Å². The lowest BCUT2D eigenvalue weighted by molar-refractivity contribution is -0.131. The fraction of sp³-hybridized carbons (Fsp3) is 0.421. The number of carbonyl (C=O) groups excluding carboxylic acids is 1. The molecule has 2 aliphatic rings. The number of fused-ring (bicyclic) bond motifs is 1. The van der Waals surface area contributed by atoms with Gasteiger partial charge in [-0.1, -0.05) is 0 Å². The maximum atomic E-state index is 13.2. The Morgan fingerprint density at radius 3 is 2.62 bits per heavy atom. The van der Waals surface area contributed by atoms with Crippen LogP contribution in [-0.2, 0) is 17.6 Å². The number of nitrogens with zero attached hydrogens (tertiary/aromatic N) is 3. The summed E-state index contributed by atoms with van der Waals surface area (Å²) in [6.07, 6.45) is 6.15. The molecular formula is C19H20FN3O. The maximum Gasteiger partial charge on any atom is 0.222 e. The number of rotatable bonds is 3. The maximum absolute atomic E-state index is 13.2. The Bertz CT molecular complexity index is 756. The molecule has 0 saturated heterocycles. The molecule has 0 radical (unpaired) electrons. The smallest absolute Gasteiger partial charge is 0.222 e. The third kappa shape index (κ3) is 3.16. The van der Waals surface area contributed by atoms with Crippen LogP contribution in [0.5, 0.6) is 0 Å². The van der Waals surface area contributed by atoms with Crippen molar-refractivity contribution in [3.05, 3.63) is 47.7 Å². The summed E-state index contributed by atoms with van der Waals surface area (Å²) >= 11 is 0. The van der Waals surface area contributed by atoms with Gasteiger partial charge in [0, 0.05) is 42.8 Å².